The lowest BCUT2D eigenvalue weighted by atomic mass is 10.1. The summed E-state index contributed by atoms with van der Waals surface area (Å²) < 4.78 is 27.6. The second-order valence-electron chi connectivity index (χ2n) is 10.0. The van der Waals surface area contributed by atoms with Gasteiger partial charge in [0.05, 0.1) is 32.0 Å². The van der Waals surface area contributed by atoms with E-state index < -0.39 is 17.9 Å². The van der Waals surface area contributed by atoms with Crippen LogP contribution < -0.4 is 14.2 Å². The first-order valence-corrected chi connectivity index (χ1v) is 15.3. The van der Waals surface area contributed by atoms with Gasteiger partial charge < -0.3 is 28.8 Å². The van der Waals surface area contributed by atoms with Crippen LogP contribution in [0.2, 0.25) is 0 Å². The first-order chi connectivity index (χ1) is 21.0. The lowest BCUT2D eigenvalue weighted by Gasteiger charge is -2.13. The van der Waals surface area contributed by atoms with Gasteiger partial charge in [0.25, 0.3) is 0 Å². The molecule has 0 aliphatic carbocycles. The fraction of sp³-hybridized carbons (Fsp3) is 0.500. The van der Waals surface area contributed by atoms with E-state index in [1.54, 1.807) is 36.4 Å². The van der Waals surface area contributed by atoms with Crippen LogP contribution in [0.1, 0.15) is 98.3 Å². The molecule has 1 N–H and O–H groups in total. The average molecular weight is 599 g/mol. The summed E-state index contributed by atoms with van der Waals surface area (Å²) in [6, 6.07) is 11.4. The number of ether oxygens (including phenoxy) is 5. The van der Waals surface area contributed by atoms with E-state index >= 15 is 0 Å². The van der Waals surface area contributed by atoms with Crippen molar-refractivity contribution in [2.75, 3.05) is 33.0 Å². The van der Waals surface area contributed by atoms with E-state index in [0.717, 1.165) is 76.7 Å². The van der Waals surface area contributed by atoms with E-state index in [1.807, 2.05) is 0 Å². The quantitative estimate of drug-likeness (QED) is 0.0634. The summed E-state index contributed by atoms with van der Waals surface area (Å²) in [5, 5.41) is 8.92. The number of esters is 3. The van der Waals surface area contributed by atoms with E-state index in [2.05, 4.69) is 13.5 Å². The Kier molecular flexibility index (Phi) is 17.9. The van der Waals surface area contributed by atoms with Crippen LogP contribution >= 0.6 is 0 Å². The SMILES string of the molecule is C=CC(=O)OCCCCCCOc1ccc(C(=O)Oc2ccc(OCCCCCCO)c(C(=O)OCCCCC)c2)cc1. The normalized spacial score (nSPS) is 10.6. The number of unbranched alkanes of at least 4 members (excludes halogenated alkanes) is 8. The minimum Gasteiger partial charge on any atom is -0.494 e. The molecule has 0 aromatic heterocycles. The summed E-state index contributed by atoms with van der Waals surface area (Å²) in [6.07, 6.45) is 10.8. The predicted molar refractivity (Wildman–Crippen MR) is 164 cm³/mol. The predicted octanol–water partition coefficient (Wildman–Crippen LogP) is 6.85. The summed E-state index contributed by atoms with van der Waals surface area (Å²) in [7, 11) is 0. The van der Waals surface area contributed by atoms with Crippen LogP contribution in [0, 0.1) is 0 Å². The second-order valence-corrected chi connectivity index (χ2v) is 10.0. The van der Waals surface area contributed by atoms with Crippen LogP contribution in [0.25, 0.3) is 0 Å². The lowest BCUT2D eigenvalue weighted by Crippen LogP contribution is -2.12. The minimum atomic E-state index is -0.566. The van der Waals surface area contributed by atoms with Crippen molar-refractivity contribution in [2.45, 2.75) is 77.6 Å². The highest BCUT2D eigenvalue weighted by molar-refractivity contribution is 5.94. The summed E-state index contributed by atoms with van der Waals surface area (Å²) in [6.45, 7) is 7.25. The molecule has 0 aliphatic rings. The molecule has 2 rings (SSSR count). The third-order valence-electron chi connectivity index (χ3n) is 6.48. The number of aliphatic hydroxyl groups excluding tert-OH is 1. The maximum Gasteiger partial charge on any atom is 0.343 e. The van der Waals surface area contributed by atoms with Gasteiger partial charge in [-0.2, -0.15) is 0 Å². The molecule has 0 heterocycles. The summed E-state index contributed by atoms with van der Waals surface area (Å²) in [5.74, 6) is -0.271. The number of hydrogen-bond acceptors (Lipinski definition) is 9. The molecule has 43 heavy (non-hydrogen) atoms. The molecule has 0 aliphatic heterocycles. The second kappa shape index (κ2) is 21.8. The zero-order valence-electron chi connectivity index (χ0n) is 25.4. The summed E-state index contributed by atoms with van der Waals surface area (Å²) >= 11 is 0. The molecule has 0 unspecified atom stereocenters. The first-order valence-electron chi connectivity index (χ1n) is 15.3. The topological polar surface area (TPSA) is 118 Å². The zero-order valence-corrected chi connectivity index (χ0v) is 25.4. The van der Waals surface area contributed by atoms with Crippen LogP contribution in [0.3, 0.4) is 0 Å². The third kappa shape index (κ3) is 14.7. The largest absolute Gasteiger partial charge is 0.494 e. The van der Waals surface area contributed by atoms with Gasteiger partial charge in [0.15, 0.2) is 0 Å². The van der Waals surface area contributed by atoms with Gasteiger partial charge in [-0.3, -0.25) is 0 Å². The monoisotopic (exact) mass is 598 g/mol. The number of carbonyl (C=O) groups is 3. The maximum atomic E-state index is 12.9. The van der Waals surface area contributed by atoms with Gasteiger partial charge in [0.1, 0.15) is 22.8 Å². The molecular weight excluding hydrogens is 552 g/mol. The van der Waals surface area contributed by atoms with Crippen LogP contribution in [-0.2, 0) is 14.3 Å². The number of aliphatic hydroxyl groups is 1. The Hall–Kier alpha value is -3.85. The summed E-state index contributed by atoms with van der Waals surface area (Å²) in [5.41, 5.74) is 0.548. The van der Waals surface area contributed by atoms with Crippen molar-refractivity contribution >= 4 is 17.9 Å². The highest BCUT2D eigenvalue weighted by atomic mass is 16.5. The van der Waals surface area contributed by atoms with Crippen molar-refractivity contribution in [3.63, 3.8) is 0 Å². The van der Waals surface area contributed by atoms with Gasteiger partial charge in [-0.25, -0.2) is 14.4 Å². The molecule has 2 aromatic carbocycles. The molecule has 9 nitrogen and oxygen atoms in total. The van der Waals surface area contributed by atoms with Crippen molar-refractivity contribution in [2.24, 2.45) is 0 Å². The summed E-state index contributed by atoms with van der Waals surface area (Å²) in [4.78, 5) is 36.7. The number of carbonyl (C=O) groups excluding carboxylic acids is 3. The molecule has 0 fully saturated rings. The molecular formula is C34H46O9. The lowest BCUT2D eigenvalue weighted by molar-refractivity contribution is -0.137. The Labute approximate surface area is 255 Å². The fourth-order valence-electron chi connectivity index (χ4n) is 4.03. The van der Waals surface area contributed by atoms with Crippen molar-refractivity contribution in [3.05, 3.63) is 66.2 Å². The Balaban J connectivity index is 1.88. The van der Waals surface area contributed by atoms with Gasteiger partial charge in [-0.1, -0.05) is 32.8 Å². The van der Waals surface area contributed by atoms with Crippen LogP contribution in [-0.4, -0.2) is 56.0 Å². The van der Waals surface area contributed by atoms with Crippen molar-refractivity contribution < 1.29 is 43.2 Å². The Morgan fingerprint density at radius 3 is 1.98 bits per heavy atom. The van der Waals surface area contributed by atoms with E-state index in [1.165, 1.54) is 6.07 Å². The Morgan fingerprint density at radius 2 is 1.30 bits per heavy atom. The molecule has 0 spiro atoms. The third-order valence-corrected chi connectivity index (χ3v) is 6.48. The maximum absolute atomic E-state index is 12.9. The molecule has 9 heteroatoms. The average Bonchev–Trinajstić information content (AvgIpc) is 3.02. The molecule has 0 saturated carbocycles. The Bertz CT molecular complexity index is 1110. The fourth-order valence-corrected chi connectivity index (χ4v) is 4.03. The van der Waals surface area contributed by atoms with Gasteiger partial charge in [-0.15, -0.1) is 0 Å². The molecule has 236 valence electrons. The van der Waals surface area contributed by atoms with Crippen LogP contribution in [0.5, 0.6) is 17.2 Å². The van der Waals surface area contributed by atoms with Crippen molar-refractivity contribution in [1.82, 2.24) is 0 Å². The van der Waals surface area contributed by atoms with E-state index in [4.69, 9.17) is 28.8 Å². The number of rotatable bonds is 23. The molecule has 2 aromatic rings. The van der Waals surface area contributed by atoms with Crippen LogP contribution in [0.15, 0.2) is 55.1 Å². The Morgan fingerprint density at radius 1 is 0.698 bits per heavy atom. The van der Waals surface area contributed by atoms with Gasteiger partial charge in [-0.05, 0) is 93.8 Å². The van der Waals surface area contributed by atoms with Crippen molar-refractivity contribution in [1.29, 1.82) is 0 Å². The standard InChI is InChI=1S/C34H46O9/c1-3-5-11-25-42-34(38)30-26-29(19-20-31(30)40-23-13-7-6-10-21-35)43-33(37)27-15-17-28(18-16-27)39-22-12-8-9-14-24-41-32(36)4-2/h4,15-20,26,35H,2-3,5-14,21-25H2,1H3. The van der Waals surface area contributed by atoms with E-state index in [0.29, 0.717) is 43.5 Å². The highest BCUT2D eigenvalue weighted by Gasteiger charge is 2.18. The zero-order chi connectivity index (χ0) is 31.1. The molecule has 0 radical (unpaired) electrons. The smallest absolute Gasteiger partial charge is 0.343 e. The first kappa shape index (κ1) is 35.3. The van der Waals surface area contributed by atoms with Gasteiger partial charge >= 0.3 is 17.9 Å². The molecule has 0 saturated heterocycles. The minimum absolute atomic E-state index is 0.174. The van der Waals surface area contributed by atoms with E-state index in [9.17, 15) is 14.4 Å². The number of hydrogen-bond donors (Lipinski definition) is 1. The molecule has 0 atom stereocenters. The van der Waals surface area contributed by atoms with Gasteiger partial charge in [0.2, 0.25) is 0 Å². The van der Waals surface area contributed by atoms with Crippen LogP contribution in [0.4, 0.5) is 0 Å². The van der Waals surface area contributed by atoms with E-state index in [-0.39, 0.29) is 17.9 Å². The van der Waals surface area contributed by atoms with Crippen molar-refractivity contribution in [3.8, 4) is 17.2 Å². The van der Waals surface area contributed by atoms with Gasteiger partial charge in [0, 0.05) is 12.7 Å². The number of benzene rings is 2. The highest BCUT2D eigenvalue weighted by Crippen LogP contribution is 2.27. The molecule has 0 amide bonds. The molecule has 0 bridgehead atoms.